The van der Waals surface area contributed by atoms with Crippen molar-refractivity contribution in [1.82, 2.24) is 40.6 Å². The van der Waals surface area contributed by atoms with Gasteiger partial charge in [0.25, 0.3) is 5.56 Å². The number of nitrogens with zero attached hydrogens (tertiary/aromatic N) is 6. The molecule has 0 saturated carbocycles. The topological polar surface area (TPSA) is 105 Å². The molecule has 4 unspecified atom stereocenters. The molecule has 0 radical (unpaired) electrons. The van der Waals surface area contributed by atoms with Crippen LogP contribution in [-0.2, 0) is 6.18 Å². The summed E-state index contributed by atoms with van der Waals surface area (Å²) in [5.41, 5.74) is 4.41. The first-order valence-electron chi connectivity index (χ1n) is 16.6. The fourth-order valence-corrected chi connectivity index (χ4v) is 7.84. The number of hydrazine groups is 1. The smallest absolute Gasteiger partial charge is 0.312 e. The zero-order valence-electron chi connectivity index (χ0n) is 26.6. The second-order valence-corrected chi connectivity index (χ2v) is 13.7. The number of hydrogen-bond acceptors (Lipinski definition) is 8. The van der Waals surface area contributed by atoms with Crippen molar-refractivity contribution in [3.05, 3.63) is 88.2 Å². The van der Waals surface area contributed by atoms with Crippen LogP contribution in [-0.4, -0.2) is 62.3 Å². The Morgan fingerprint density at radius 2 is 1.81 bits per heavy atom. The highest BCUT2D eigenvalue weighted by Crippen LogP contribution is 2.36. The first-order chi connectivity index (χ1) is 23.2. The highest BCUT2D eigenvalue weighted by molar-refractivity contribution is 6.31. The summed E-state index contributed by atoms with van der Waals surface area (Å²) in [6.45, 7) is 4.90. The number of alkyl halides is 3. The lowest BCUT2D eigenvalue weighted by atomic mass is 9.79. The maximum absolute atomic E-state index is 14.0. The van der Waals surface area contributed by atoms with E-state index in [1.807, 2.05) is 6.07 Å². The number of nitrogens with one attached hydrogen (secondary N) is 3. The van der Waals surface area contributed by atoms with Crippen molar-refractivity contribution in [1.29, 1.82) is 0 Å². The molecular formula is C34H39ClF3N9O. The number of para-hydroxylation sites is 1. The first-order valence-corrected chi connectivity index (χ1v) is 17.0. The van der Waals surface area contributed by atoms with E-state index in [2.05, 4.69) is 67.6 Å². The highest BCUT2D eigenvalue weighted by Gasteiger charge is 2.43. The van der Waals surface area contributed by atoms with Crippen molar-refractivity contribution in [3.8, 4) is 16.9 Å². The molecule has 4 aromatic rings. The molecule has 14 heteroatoms. The molecule has 10 nitrogen and oxygen atoms in total. The van der Waals surface area contributed by atoms with Gasteiger partial charge in [0.15, 0.2) is 5.69 Å². The van der Waals surface area contributed by atoms with Gasteiger partial charge in [-0.1, -0.05) is 48.4 Å². The van der Waals surface area contributed by atoms with Crippen molar-refractivity contribution in [2.45, 2.75) is 69.4 Å². The minimum Gasteiger partial charge on any atom is -0.312 e. The largest absolute Gasteiger partial charge is 0.436 e. The fraction of sp³-hybridized carbons (Fsp3) is 0.471. The molecule has 3 fully saturated rings. The third-order valence-corrected chi connectivity index (χ3v) is 10.3. The Hall–Kier alpha value is -3.78. The van der Waals surface area contributed by atoms with Gasteiger partial charge >= 0.3 is 6.18 Å². The SMILES string of the molecule is C[C@@H]1CCC[C@H](n2cnc(-c3cc(Cl)ccc3-n3cc(C(F)(F)F)nn3)cc2=O)C2CC(CCN2)C2C(CNN2c2ccccc2)NC1. The Balaban J connectivity index is 1.21. The second-order valence-electron chi connectivity index (χ2n) is 13.2. The van der Waals surface area contributed by atoms with Gasteiger partial charge in [-0.25, -0.2) is 15.1 Å². The Morgan fingerprint density at radius 1 is 0.979 bits per heavy atom. The molecule has 3 aliphatic heterocycles. The van der Waals surface area contributed by atoms with Crippen LogP contribution in [0.5, 0.6) is 0 Å². The van der Waals surface area contributed by atoms with E-state index in [0.717, 1.165) is 68.3 Å². The number of hydrogen-bond donors (Lipinski definition) is 3. The van der Waals surface area contributed by atoms with Crippen LogP contribution in [0.25, 0.3) is 16.9 Å². The van der Waals surface area contributed by atoms with Gasteiger partial charge in [0.05, 0.1) is 41.7 Å². The molecule has 2 aromatic heterocycles. The molecule has 2 aromatic carbocycles. The van der Waals surface area contributed by atoms with Crippen LogP contribution in [0.3, 0.4) is 0 Å². The summed E-state index contributed by atoms with van der Waals surface area (Å²) >= 11 is 6.31. The van der Waals surface area contributed by atoms with Gasteiger partial charge in [0, 0.05) is 35.3 Å². The van der Waals surface area contributed by atoms with Crippen molar-refractivity contribution >= 4 is 17.3 Å². The lowest BCUT2D eigenvalue weighted by Crippen LogP contribution is -2.55. The lowest BCUT2D eigenvalue weighted by Gasteiger charge is -2.43. The Bertz CT molecular complexity index is 1780. The molecule has 3 aliphatic rings. The van der Waals surface area contributed by atoms with Gasteiger partial charge in [0.1, 0.15) is 0 Å². The van der Waals surface area contributed by atoms with Crippen LogP contribution < -0.4 is 26.6 Å². The molecule has 48 heavy (non-hydrogen) atoms. The van der Waals surface area contributed by atoms with Crippen molar-refractivity contribution in [3.63, 3.8) is 0 Å². The van der Waals surface area contributed by atoms with Gasteiger partial charge in [-0.15, -0.1) is 5.10 Å². The molecule has 3 saturated heterocycles. The number of rotatable bonds is 4. The minimum absolute atomic E-state index is 0.0559. The van der Waals surface area contributed by atoms with Crippen molar-refractivity contribution < 1.29 is 13.2 Å². The molecule has 2 bridgehead atoms. The zero-order valence-corrected chi connectivity index (χ0v) is 27.3. The average Bonchev–Trinajstić information content (AvgIpc) is 3.75. The summed E-state index contributed by atoms with van der Waals surface area (Å²) < 4.78 is 42.6. The van der Waals surface area contributed by atoms with Crippen LogP contribution in [0.1, 0.15) is 50.8 Å². The molecule has 5 heterocycles. The molecule has 0 spiro atoms. The highest BCUT2D eigenvalue weighted by atomic mass is 35.5. The molecule has 7 rings (SSSR count). The van der Waals surface area contributed by atoms with E-state index in [4.69, 9.17) is 11.6 Å². The first kappa shape index (κ1) is 32.8. The Kier molecular flexibility index (Phi) is 9.29. The number of benzene rings is 2. The predicted molar refractivity (Wildman–Crippen MR) is 178 cm³/mol. The Labute approximate surface area is 281 Å². The zero-order chi connectivity index (χ0) is 33.4. The summed E-state index contributed by atoms with van der Waals surface area (Å²) in [4.78, 5) is 18.6. The van der Waals surface area contributed by atoms with Gasteiger partial charge in [-0.05, 0) is 80.9 Å². The summed E-state index contributed by atoms with van der Waals surface area (Å²) in [5.74, 6) is 0.847. The van der Waals surface area contributed by atoms with Gasteiger partial charge in [-0.2, -0.15) is 13.2 Å². The van der Waals surface area contributed by atoms with E-state index >= 15 is 0 Å². The average molecular weight is 682 g/mol. The molecule has 6 atom stereocenters. The second kappa shape index (κ2) is 13.6. The van der Waals surface area contributed by atoms with Gasteiger partial charge in [-0.3, -0.25) is 9.36 Å². The van der Waals surface area contributed by atoms with Gasteiger partial charge < -0.3 is 15.6 Å². The molecule has 0 amide bonds. The third kappa shape index (κ3) is 6.73. The number of halogens is 4. The maximum atomic E-state index is 14.0. The summed E-state index contributed by atoms with van der Waals surface area (Å²) in [5, 5.41) is 17.3. The van der Waals surface area contributed by atoms with E-state index in [1.54, 1.807) is 29.1 Å². The van der Waals surface area contributed by atoms with Crippen molar-refractivity contribution in [2.75, 3.05) is 24.6 Å². The number of piperidine rings is 1. The maximum Gasteiger partial charge on any atom is 0.436 e. The van der Waals surface area contributed by atoms with E-state index in [0.29, 0.717) is 34.2 Å². The fourth-order valence-electron chi connectivity index (χ4n) is 7.67. The summed E-state index contributed by atoms with van der Waals surface area (Å²) in [7, 11) is 0. The quantitative estimate of drug-likeness (QED) is 0.269. The van der Waals surface area contributed by atoms with Crippen LogP contribution in [0.15, 0.2) is 71.9 Å². The van der Waals surface area contributed by atoms with E-state index < -0.39 is 11.9 Å². The molecule has 3 N–H and O–H groups in total. The van der Waals surface area contributed by atoms with Crippen LogP contribution in [0.4, 0.5) is 18.9 Å². The summed E-state index contributed by atoms with van der Waals surface area (Å²) in [6.07, 6.45) is 2.45. The lowest BCUT2D eigenvalue weighted by molar-refractivity contribution is -0.141. The van der Waals surface area contributed by atoms with Crippen LogP contribution in [0.2, 0.25) is 5.02 Å². The standard InChI is InChI=1S/C34H39ClF3N9O/c1-21-6-5-9-30(27-14-22(12-13-39-27)33-28(40-17-21)18-42-47(33)24-7-3-2-4-8-24)45-20-41-26(16-32(45)48)25-15-23(35)10-11-29(25)46-19-31(43-44-46)34(36,37)38/h2-4,7-8,10-11,15-16,19-22,27-28,30,33,39-40,42H,5-6,9,12-14,17-18H2,1H3/t21-,22?,27?,28?,30+,33?/m1/s1. The molecule has 254 valence electrons. The predicted octanol–water partition coefficient (Wildman–Crippen LogP) is 5.24. The van der Waals surface area contributed by atoms with Crippen molar-refractivity contribution in [2.24, 2.45) is 11.8 Å². The normalized spacial score (nSPS) is 26.8. The number of anilines is 1. The molecule has 0 aliphatic carbocycles. The monoisotopic (exact) mass is 681 g/mol. The van der Waals surface area contributed by atoms with Gasteiger partial charge in [0.2, 0.25) is 0 Å². The third-order valence-electron chi connectivity index (χ3n) is 10.0. The van der Waals surface area contributed by atoms with Crippen LogP contribution >= 0.6 is 11.6 Å². The van der Waals surface area contributed by atoms with E-state index in [-0.39, 0.29) is 29.4 Å². The van der Waals surface area contributed by atoms with E-state index in [1.165, 1.54) is 6.07 Å². The minimum atomic E-state index is -4.65. The number of fused-ring (bicyclic) bond motifs is 4. The van der Waals surface area contributed by atoms with E-state index in [9.17, 15) is 18.0 Å². The Morgan fingerprint density at radius 3 is 2.58 bits per heavy atom. The summed E-state index contributed by atoms with van der Waals surface area (Å²) in [6, 6.07) is 17.0. The number of aromatic nitrogens is 5. The molecular weight excluding hydrogens is 643 g/mol. The van der Waals surface area contributed by atoms with Crippen LogP contribution in [0, 0.1) is 11.8 Å².